The molecule has 0 atom stereocenters. The fraction of sp³-hybridized carbons (Fsp3) is 0.632. The summed E-state index contributed by atoms with van der Waals surface area (Å²) in [4.78, 5) is 13.8. The van der Waals surface area contributed by atoms with Crippen LogP contribution in [0.3, 0.4) is 0 Å². The van der Waals surface area contributed by atoms with E-state index >= 15 is 0 Å². The van der Waals surface area contributed by atoms with Crippen molar-refractivity contribution in [2.24, 2.45) is 0 Å². The van der Waals surface area contributed by atoms with Crippen LogP contribution in [-0.2, 0) is 15.6 Å². The maximum atomic E-state index is 12.0. The number of anilines is 1. The lowest BCUT2D eigenvalue weighted by atomic mass is 9.76. The van der Waals surface area contributed by atoms with Gasteiger partial charge in [-0.3, -0.25) is 4.79 Å². The van der Waals surface area contributed by atoms with E-state index in [1.807, 2.05) is 11.9 Å². The van der Waals surface area contributed by atoms with Gasteiger partial charge in [-0.2, -0.15) is 0 Å². The molecule has 0 bridgehead atoms. The molecule has 2 aliphatic rings. The zero-order valence-electron chi connectivity index (χ0n) is 15.3. The lowest BCUT2D eigenvalue weighted by Gasteiger charge is -2.45. The number of carbonyl (C=O) groups excluding carboxylic acids is 1. The van der Waals surface area contributed by atoms with E-state index in [0.29, 0.717) is 18.4 Å². The summed E-state index contributed by atoms with van der Waals surface area (Å²) < 4.78 is 6.52. The summed E-state index contributed by atoms with van der Waals surface area (Å²) in [6.45, 7) is 11.5. The topological polar surface area (TPSA) is 29.5 Å². The van der Waals surface area contributed by atoms with E-state index in [-0.39, 0.29) is 10.9 Å². The number of fused-ring (bicyclic) bond motifs is 1. The highest BCUT2D eigenvalue weighted by molar-refractivity contribution is 6.74. The lowest BCUT2D eigenvalue weighted by molar-refractivity contribution is -0.117. The van der Waals surface area contributed by atoms with E-state index in [1.165, 1.54) is 11.1 Å². The van der Waals surface area contributed by atoms with Gasteiger partial charge in [0.2, 0.25) is 5.91 Å². The van der Waals surface area contributed by atoms with Gasteiger partial charge in [-0.1, -0.05) is 39.0 Å². The van der Waals surface area contributed by atoms with Gasteiger partial charge >= 0.3 is 0 Å². The van der Waals surface area contributed by atoms with Crippen LogP contribution >= 0.6 is 0 Å². The van der Waals surface area contributed by atoms with Crippen molar-refractivity contribution in [1.29, 1.82) is 0 Å². The van der Waals surface area contributed by atoms with Crippen molar-refractivity contribution in [2.75, 3.05) is 11.9 Å². The maximum Gasteiger partial charge on any atom is 0.231 e. The predicted octanol–water partition coefficient (Wildman–Crippen LogP) is 4.47. The minimum atomic E-state index is -1.68. The number of nitrogens with zero attached hydrogens (tertiary/aromatic N) is 1. The largest absolute Gasteiger partial charge is 0.414 e. The van der Waals surface area contributed by atoms with Crippen LogP contribution in [0.15, 0.2) is 18.2 Å². The predicted molar refractivity (Wildman–Crippen MR) is 97.6 cm³/mol. The molecular weight excluding hydrogens is 302 g/mol. The minimum absolute atomic E-state index is 0.209. The standard InChI is InChI=1S/C19H29NO2Si/c1-19(2,3)23(5,6)22-15-10-14(11-15)16-9-7-8-13-12-17(21)20(4)18(13)16/h7-9,14-15H,10-12H2,1-6H3. The number of benzene rings is 1. The molecule has 1 aliphatic heterocycles. The normalized spacial score (nSPS) is 24.6. The second-order valence-corrected chi connectivity index (χ2v) is 13.4. The molecule has 23 heavy (non-hydrogen) atoms. The molecule has 1 aliphatic carbocycles. The third-order valence-electron chi connectivity index (χ3n) is 6.00. The number of rotatable bonds is 3. The van der Waals surface area contributed by atoms with Gasteiger partial charge in [0, 0.05) is 13.2 Å². The van der Waals surface area contributed by atoms with Gasteiger partial charge < -0.3 is 9.33 Å². The Balaban J connectivity index is 1.70. The van der Waals surface area contributed by atoms with Gasteiger partial charge in [0.25, 0.3) is 0 Å². The first kappa shape index (κ1) is 16.7. The molecule has 1 fully saturated rings. The third-order valence-corrected chi connectivity index (χ3v) is 10.5. The molecule has 3 nitrogen and oxygen atoms in total. The highest BCUT2D eigenvalue weighted by atomic mass is 28.4. The number of amides is 1. The van der Waals surface area contributed by atoms with Crippen LogP contribution in [0, 0.1) is 0 Å². The van der Waals surface area contributed by atoms with E-state index in [9.17, 15) is 4.79 Å². The summed E-state index contributed by atoms with van der Waals surface area (Å²) >= 11 is 0. The molecule has 0 N–H and O–H groups in total. The number of likely N-dealkylation sites (N-methyl/N-ethyl adjacent to an activating group) is 1. The molecular formula is C19H29NO2Si. The van der Waals surface area contributed by atoms with Gasteiger partial charge in [0.15, 0.2) is 8.32 Å². The monoisotopic (exact) mass is 331 g/mol. The van der Waals surface area contributed by atoms with E-state index in [1.54, 1.807) is 0 Å². The van der Waals surface area contributed by atoms with Gasteiger partial charge in [0.1, 0.15) is 0 Å². The Labute approximate surface area is 141 Å². The summed E-state index contributed by atoms with van der Waals surface area (Å²) in [7, 11) is 0.225. The van der Waals surface area contributed by atoms with Gasteiger partial charge in [-0.25, -0.2) is 0 Å². The minimum Gasteiger partial charge on any atom is -0.414 e. The molecule has 126 valence electrons. The van der Waals surface area contributed by atoms with Crippen LogP contribution in [0.25, 0.3) is 0 Å². The first-order valence-electron chi connectivity index (χ1n) is 8.66. The fourth-order valence-corrected chi connectivity index (χ4v) is 4.79. The summed E-state index contributed by atoms with van der Waals surface area (Å²) in [5.41, 5.74) is 3.68. The van der Waals surface area contributed by atoms with Crippen molar-refractivity contribution >= 4 is 19.9 Å². The van der Waals surface area contributed by atoms with E-state index in [4.69, 9.17) is 4.43 Å². The number of hydrogen-bond acceptors (Lipinski definition) is 2. The van der Waals surface area contributed by atoms with Crippen LogP contribution in [0.1, 0.15) is 50.7 Å². The van der Waals surface area contributed by atoms with Crippen LogP contribution in [0.2, 0.25) is 18.1 Å². The average Bonchev–Trinajstić information content (AvgIpc) is 2.68. The highest BCUT2D eigenvalue weighted by Crippen LogP contribution is 2.48. The Morgan fingerprint density at radius 2 is 1.87 bits per heavy atom. The molecule has 0 radical (unpaired) electrons. The SMILES string of the molecule is CN1C(=O)Cc2cccc(C3CC(O[Si](C)(C)C(C)(C)C)C3)c21. The number of hydrogen-bond donors (Lipinski definition) is 0. The van der Waals surface area contributed by atoms with E-state index in [2.05, 4.69) is 52.1 Å². The smallest absolute Gasteiger partial charge is 0.231 e. The van der Waals surface area contributed by atoms with Gasteiger partial charge in [-0.15, -0.1) is 0 Å². The first-order valence-corrected chi connectivity index (χ1v) is 11.6. The number of para-hydroxylation sites is 1. The zero-order chi connectivity index (χ0) is 17.0. The molecule has 1 aromatic carbocycles. The van der Waals surface area contributed by atoms with Crippen molar-refractivity contribution in [2.45, 2.75) is 70.2 Å². The van der Waals surface area contributed by atoms with E-state index in [0.717, 1.165) is 18.5 Å². The Kier molecular flexibility index (Phi) is 3.96. The Morgan fingerprint density at radius 3 is 2.48 bits per heavy atom. The van der Waals surface area contributed by atoms with Gasteiger partial charge in [-0.05, 0) is 48.0 Å². The molecule has 1 aromatic rings. The summed E-state index contributed by atoms with van der Waals surface area (Å²) in [6, 6.07) is 6.38. The van der Waals surface area contributed by atoms with Crippen molar-refractivity contribution in [1.82, 2.24) is 0 Å². The molecule has 3 rings (SSSR count). The summed E-state index contributed by atoms with van der Waals surface area (Å²) in [5, 5.41) is 0.263. The molecule has 0 spiro atoms. The molecule has 1 heterocycles. The Bertz CT molecular complexity index is 627. The van der Waals surface area contributed by atoms with Crippen LogP contribution in [-0.4, -0.2) is 27.4 Å². The Morgan fingerprint density at radius 1 is 1.22 bits per heavy atom. The molecule has 0 aromatic heterocycles. The third kappa shape index (κ3) is 2.87. The van der Waals surface area contributed by atoms with Crippen molar-refractivity contribution in [3.8, 4) is 0 Å². The Hall–Kier alpha value is -1.13. The molecule has 1 amide bonds. The molecule has 4 heteroatoms. The second-order valence-electron chi connectivity index (χ2n) is 8.65. The van der Waals surface area contributed by atoms with Gasteiger partial charge in [0.05, 0.1) is 12.1 Å². The first-order chi connectivity index (χ1) is 10.6. The van der Waals surface area contributed by atoms with Crippen molar-refractivity contribution in [3.05, 3.63) is 29.3 Å². The highest BCUT2D eigenvalue weighted by Gasteiger charge is 2.43. The van der Waals surface area contributed by atoms with Crippen LogP contribution < -0.4 is 4.90 Å². The number of carbonyl (C=O) groups is 1. The maximum absolute atomic E-state index is 12.0. The second kappa shape index (κ2) is 5.45. The quantitative estimate of drug-likeness (QED) is 0.765. The van der Waals surface area contributed by atoms with Crippen LogP contribution in [0.5, 0.6) is 0 Å². The molecule has 0 unspecified atom stereocenters. The molecule has 1 saturated carbocycles. The molecule has 0 saturated heterocycles. The fourth-order valence-electron chi connectivity index (χ4n) is 3.41. The average molecular weight is 332 g/mol. The van der Waals surface area contributed by atoms with E-state index < -0.39 is 8.32 Å². The van der Waals surface area contributed by atoms with Crippen molar-refractivity contribution < 1.29 is 9.22 Å². The van der Waals surface area contributed by atoms with Crippen LogP contribution in [0.4, 0.5) is 5.69 Å². The lowest BCUT2D eigenvalue weighted by Crippen LogP contribution is -2.47. The zero-order valence-corrected chi connectivity index (χ0v) is 16.3. The summed E-state index contributed by atoms with van der Waals surface area (Å²) in [6.07, 6.45) is 3.12. The van der Waals surface area contributed by atoms with Crippen molar-refractivity contribution in [3.63, 3.8) is 0 Å². The summed E-state index contributed by atoms with van der Waals surface area (Å²) in [5.74, 6) is 0.744.